The summed E-state index contributed by atoms with van der Waals surface area (Å²) in [5, 5.41) is 5.82. The molecule has 0 aliphatic carbocycles. The van der Waals surface area contributed by atoms with E-state index in [4.69, 9.17) is 0 Å². The third-order valence-corrected chi connectivity index (χ3v) is 4.42. The molecule has 0 amide bonds. The summed E-state index contributed by atoms with van der Waals surface area (Å²) in [6.45, 7) is 2.96. The molecular weight excluding hydrogens is 302 g/mol. The molecule has 0 aliphatic rings. The zero-order valence-corrected chi connectivity index (χ0v) is 12.7. The Labute approximate surface area is 121 Å². The average Bonchev–Trinajstić information content (AvgIpc) is 2.95. The monoisotopic (exact) mass is 317 g/mol. The molecule has 98 valence electrons. The van der Waals surface area contributed by atoms with Crippen molar-refractivity contribution in [1.29, 1.82) is 0 Å². The molecule has 0 radical (unpaired) electrons. The molecule has 0 saturated heterocycles. The van der Waals surface area contributed by atoms with E-state index in [1.54, 1.807) is 0 Å². The number of benzene rings is 1. The van der Waals surface area contributed by atoms with Crippen LogP contribution >= 0.6 is 15.9 Å². The first-order chi connectivity index (χ1) is 9.20. The molecule has 0 aliphatic heterocycles. The Morgan fingerprint density at radius 1 is 1.21 bits per heavy atom. The fourth-order valence-electron chi connectivity index (χ4n) is 2.43. The average molecular weight is 318 g/mol. The van der Waals surface area contributed by atoms with Crippen LogP contribution in [-0.2, 0) is 20.0 Å². The number of halogens is 1. The Hall–Kier alpha value is -1.55. The Bertz CT molecular complexity index is 724. The third kappa shape index (κ3) is 2.10. The predicted octanol–water partition coefficient (Wildman–Crippen LogP) is 3.75. The lowest BCUT2D eigenvalue weighted by atomic mass is 10.2. The van der Waals surface area contributed by atoms with Gasteiger partial charge in [0.25, 0.3) is 0 Å². The number of aromatic nitrogens is 3. The van der Waals surface area contributed by atoms with Gasteiger partial charge in [-0.2, -0.15) is 5.10 Å². The molecule has 3 rings (SSSR count). The van der Waals surface area contributed by atoms with Crippen LogP contribution in [0, 0.1) is 0 Å². The van der Waals surface area contributed by atoms with Crippen molar-refractivity contribution in [1.82, 2.24) is 14.3 Å². The Kier molecular flexibility index (Phi) is 3.19. The lowest BCUT2D eigenvalue weighted by molar-refractivity contribution is 0.668. The second kappa shape index (κ2) is 4.85. The zero-order valence-electron chi connectivity index (χ0n) is 11.1. The molecule has 0 spiro atoms. The zero-order chi connectivity index (χ0) is 13.4. The van der Waals surface area contributed by atoms with Crippen molar-refractivity contribution in [3.63, 3.8) is 0 Å². The van der Waals surface area contributed by atoms with Crippen LogP contribution in [0.2, 0.25) is 0 Å². The topological polar surface area (TPSA) is 22.8 Å². The maximum absolute atomic E-state index is 4.55. The van der Waals surface area contributed by atoms with Crippen molar-refractivity contribution >= 4 is 26.8 Å². The van der Waals surface area contributed by atoms with Gasteiger partial charge in [-0.25, -0.2) is 0 Å². The molecule has 0 N–H and O–H groups in total. The highest BCUT2D eigenvalue weighted by Crippen LogP contribution is 2.24. The minimum Gasteiger partial charge on any atom is -0.341 e. The van der Waals surface area contributed by atoms with Gasteiger partial charge in [0.2, 0.25) is 0 Å². The van der Waals surface area contributed by atoms with Crippen LogP contribution in [-0.4, -0.2) is 14.3 Å². The SMILES string of the molecule is CCc1nn(C)c(Cn2ccc3ccccc32)c1Br. The molecule has 0 bridgehead atoms. The van der Waals surface area contributed by atoms with Crippen molar-refractivity contribution < 1.29 is 0 Å². The minimum absolute atomic E-state index is 0.831. The molecule has 3 aromatic rings. The van der Waals surface area contributed by atoms with Crippen LogP contribution in [0.1, 0.15) is 18.3 Å². The van der Waals surface area contributed by atoms with Gasteiger partial charge in [-0.1, -0.05) is 25.1 Å². The molecule has 3 nitrogen and oxygen atoms in total. The summed E-state index contributed by atoms with van der Waals surface area (Å²) in [4.78, 5) is 0. The Morgan fingerprint density at radius 2 is 2.00 bits per heavy atom. The van der Waals surface area contributed by atoms with Gasteiger partial charge in [-0.05, 0) is 39.9 Å². The number of hydrogen-bond donors (Lipinski definition) is 0. The van der Waals surface area contributed by atoms with Crippen LogP contribution in [0.3, 0.4) is 0 Å². The number of hydrogen-bond acceptors (Lipinski definition) is 1. The summed E-state index contributed by atoms with van der Waals surface area (Å²) >= 11 is 3.68. The molecular formula is C15H16BrN3. The molecule has 0 unspecified atom stereocenters. The van der Waals surface area contributed by atoms with Crippen molar-refractivity contribution in [3.8, 4) is 0 Å². The lowest BCUT2D eigenvalue weighted by Gasteiger charge is -2.06. The molecule has 1 aromatic carbocycles. The molecule has 0 saturated carbocycles. The van der Waals surface area contributed by atoms with Gasteiger partial charge >= 0.3 is 0 Å². The number of nitrogens with zero attached hydrogens (tertiary/aromatic N) is 3. The normalized spacial score (nSPS) is 11.3. The highest BCUT2D eigenvalue weighted by molar-refractivity contribution is 9.10. The van der Waals surface area contributed by atoms with E-state index in [1.165, 1.54) is 16.6 Å². The van der Waals surface area contributed by atoms with Crippen LogP contribution in [0.4, 0.5) is 0 Å². The van der Waals surface area contributed by atoms with Gasteiger partial charge in [0.15, 0.2) is 0 Å². The van der Waals surface area contributed by atoms with E-state index in [9.17, 15) is 0 Å². The summed E-state index contributed by atoms with van der Waals surface area (Å²) in [5.41, 5.74) is 3.58. The molecule has 2 aromatic heterocycles. The highest BCUT2D eigenvalue weighted by Gasteiger charge is 2.13. The van der Waals surface area contributed by atoms with Gasteiger partial charge in [0, 0.05) is 18.8 Å². The highest BCUT2D eigenvalue weighted by atomic mass is 79.9. The quantitative estimate of drug-likeness (QED) is 0.721. The Balaban J connectivity index is 2.04. The smallest absolute Gasteiger partial charge is 0.0767 e. The van der Waals surface area contributed by atoms with Gasteiger partial charge in [-0.3, -0.25) is 4.68 Å². The van der Waals surface area contributed by atoms with E-state index >= 15 is 0 Å². The summed E-state index contributed by atoms with van der Waals surface area (Å²) in [5.74, 6) is 0. The van der Waals surface area contributed by atoms with Crippen molar-refractivity contribution in [2.24, 2.45) is 7.05 Å². The standard InChI is InChI=1S/C15H16BrN3/c1-3-12-15(16)14(18(2)17-12)10-19-9-8-11-6-4-5-7-13(11)19/h4-9H,3,10H2,1-2H3. The van der Waals surface area contributed by atoms with E-state index in [0.29, 0.717) is 0 Å². The molecule has 2 heterocycles. The summed E-state index contributed by atoms with van der Waals surface area (Å²) in [6, 6.07) is 10.6. The number of para-hydroxylation sites is 1. The van der Waals surface area contributed by atoms with E-state index in [1.807, 2.05) is 11.7 Å². The summed E-state index contributed by atoms with van der Waals surface area (Å²) in [6.07, 6.45) is 3.08. The van der Waals surface area contributed by atoms with E-state index in [2.05, 4.69) is 69.0 Å². The van der Waals surface area contributed by atoms with Gasteiger partial charge < -0.3 is 4.57 Å². The summed E-state index contributed by atoms with van der Waals surface area (Å²) in [7, 11) is 2.00. The maximum atomic E-state index is 4.55. The minimum atomic E-state index is 0.831. The lowest BCUT2D eigenvalue weighted by Crippen LogP contribution is -2.05. The maximum Gasteiger partial charge on any atom is 0.0767 e. The van der Waals surface area contributed by atoms with Crippen molar-refractivity contribution in [3.05, 3.63) is 52.4 Å². The van der Waals surface area contributed by atoms with Gasteiger partial charge in [0.05, 0.1) is 22.4 Å². The van der Waals surface area contributed by atoms with E-state index < -0.39 is 0 Å². The molecule has 19 heavy (non-hydrogen) atoms. The van der Waals surface area contributed by atoms with Gasteiger partial charge in [0.1, 0.15) is 0 Å². The second-order valence-corrected chi connectivity index (χ2v) is 5.48. The first kappa shape index (κ1) is 12.5. The largest absolute Gasteiger partial charge is 0.341 e. The van der Waals surface area contributed by atoms with Crippen molar-refractivity contribution in [2.75, 3.05) is 0 Å². The number of aryl methyl sites for hydroxylation is 2. The molecule has 0 fully saturated rings. The molecule has 4 heteroatoms. The van der Waals surface area contributed by atoms with Crippen LogP contribution in [0.5, 0.6) is 0 Å². The van der Waals surface area contributed by atoms with Crippen molar-refractivity contribution in [2.45, 2.75) is 19.9 Å². The summed E-state index contributed by atoms with van der Waals surface area (Å²) < 4.78 is 5.36. The fourth-order valence-corrected chi connectivity index (χ4v) is 3.17. The second-order valence-electron chi connectivity index (χ2n) is 4.69. The first-order valence-electron chi connectivity index (χ1n) is 6.45. The van der Waals surface area contributed by atoms with E-state index in [0.717, 1.165) is 23.1 Å². The number of rotatable bonds is 3. The predicted molar refractivity (Wildman–Crippen MR) is 81.3 cm³/mol. The Morgan fingerprint density at radius 3 is 2.74 bits per heavy atom. The fraction of sp³-hybridized carbons (Fsp3) is 0.267. The van der Waals surface area contributed by atoms with E-state index in [-0.39, 0.29) is 0 Å². The van der Waals surface area contributed by atoms with Crippen LogP contribution in [0.15, 0.2) is 41.0 Å². The first-order valence-corrected chi connectivity index (χ1v) is 7.24. The number of fused-ring (bicyclic) bond motifs is 1. The van der Waals surface area contributed by atoms with Crippen LogP contribution < -0.4 is 0 Å². The molecule has 0 atom stereocenters. The van der Waals surface area contributed by atoms with Crippen LogP contribution in [0.25, 0.3) is 10.9 Å². The third-order valence-electron chi connectivity index (χ3n) is 3.50. The van der Waals surface area contributed by atoms with Gasteiger partial charge in [-0.15, -0.1) is 0 Å².